The number of aromatic amines is 1. The molecule has 0 radical (unpaired) electrons. The monoisotopic (exact) mass is 344 g/mol. The van der Waals surface area contributed by atoms with E-state index in [0.717, 1.165) is 24.9 Å². The lowest BCUT2D eigenvalue weighted by molar-refractivity contribution is 0.0899. The fourth-order valence-electron chi connectivity index (χ4n) is 3.07. The molecule has 0 aliphatic carbocycles. The number of carbonyl (C=O) groups is 1. The lowest BCUT2D eigenvalue weighted by Gasteiger charge is -2.33. The van der Waals surface area contributed by atoms with Crippen LogP contribution in [0.1, 0.15) is 34.6 Å². The Morgan fingerprint density at radius 1 is 1.40 bits per heavy atom. The SMILES string of the molecule is Cc1ncc(C(=O)N[C@H]2CCCN(Cc3ccc(F)cc3)C2)c(=O)[nH]1. The van der Waals surface area contributed by atoms with Crippen molar-refractivity contribution in [3.63, 3.8) is 0 Å². The molecule has 1 aromatic heterocycles. The van der Waals surface area contributed by atoms with E-state index in [1.54, 1.807) is 19.1 Å². The molecule has 132 valence electrons. The van der Waals surface area contributed by atoms with Crippen molar-refractivity contribution in [2.24, 2.45) is 0 Å². The van der Waals surface area contributed by atoms with Gasteiger partial charge >= 0.3 is 0 Å². The van der Waals surface area contributed by atoms with E-state index in [9.17, 15) is 14.0 Å². The lowest BCUT2D eigenvalue weighted by Crippen LogP contribution is -2.48. The van der Waals surface area contributed by atoms with Gasteiger partial charge in [0.25, 0.3) is 11.5 Å². The maximum atomic E-state index is 13.0. The Morgan fingerprint density at radius 3 is 2.88 bits per heavy atom. The minimum atomic E-state index is -0.427. The Kier molecular flexibility index (Phi) is 5.23. The van der Waals surface area contributed by atoms with Gasteiger partial charge in [0.2, 0.25) is 0 Å². The number of halogens is 1. The van der Waals surface area contributed by atoms with Gasteiger partial charge < -0.3 is 10.3 Å². The van der Waals surface area contributed by atoms with Gasteiger partial charge in [-0.1, -0.05) is 12.1 Å². The predicted molar refractivity (Wildman–Crippen MR) is 91.8 cm³/mol. The number of rotatable bonds is 4. The molecular weight excluding hydrogens is 323 g/mol. The second-order valence-corrected chi connectivity index (χ2v) is 6.39. The average Bonchev–Trinajstić information content (AvgIpc) is 2.57. The number of hydrogen-bond acceptors (Lipinski definition) is 4. The first-order valence-corrected chi connectivity index (χ1v) is 8.35. The summed E-state index contributed by atoms with van der Waals surface area (Å²) in [6, 6.07) is 6.43. The lowest BCUT2D eigenvalue weighted by atomic mass is 10.0. The van der Waals surface area contributed by atoms with Crippen LogP contribution in [-0.2, 0) is 6.54 Å². The fourth-order valence-corrected chi connectivity index (χ4v) is 3.07. The number of carbonyl (C=O) groups excluding carboxylic acids is 1. The zero-order valence-corrected chi connectivity index (χ0v) is 14.1. The maximum Gasteiger partial charge on any atom is 0.263 e. The second kappa shape index (κ2) is 7.57. The molecule has 1 amide bonds. The molecular formula is C18H21FN4O2. The van der Waals surface area contributed by atoms with Gasteiger partial charge in [-0.3, -0.25) is 14.5 Å². The number of H-pyrrole nitrogens is 1. The second-order valence-electron chi connectivity index (χ2n) is 6.39. The molecule has 0 unspecified atom stereocenters. The van der Waals surface area contributed by atoms with E-state index < -0.39 is 11.5 Å². The molecule has 25 heavy (non-hydrogen) atoms. The third-order valence-corrected chi connectivity index (χ3v) is 4.33. The van der Waals surface area contributed by atoms with Crippen LogP contribution in [0, 0.1) is 12.7 Å². The largest absolute Gasteiger partial charge is 0.348 e. The van der Waals surface area contributed by atoms with Crippen molar-refractivity contribution in [3.8, 4) is 0 Å². The van der Waals surface area contributed by atoms with Gasteiger partial charge in [-0.05, 0) is 44.0 Å². The zero-order valence-electron chi connectivity index (χ0n) is 14.1. The topological polar surface area (TPSA) is 78.1 Å². The molecule has 1 fully saturated rings. The van der Waals surface area contributed by atoms with Crippen molar-refractivity contribution < 1.29 is 9.18 Å². The van der Waals surface area contributed by atoms with Gasteiger partial charge in [0.05, 0.1) is 0 Å². The number of piperidine rings is 1. The molecule has 2 heterocycles. The minimum Gasteiger partial charge on any atom is -0.348 e. The summed E-state index contributed by atoms with van der Waals surface area (Å²) in [6.07, 6.45) is 3.13. The van der Waals surface area contributed by atoms with Crippen molar-refractivity contribution in [3.05, 3.63) is 63.6 Å². The molecule has 0 saturated carbocycles. The number of amides is 1. The summed E-state index contributed by atoms with van der Waals surface area (Å²) in [5, 5.41) is 2.92. The van der Waals surface area contributed by atoms with Gasteiger partial charge in [-0.2, -0.15) is 0 Å². The molecule has 1 atom stereocenters. The Hall–Kier alpha value is -2.54. The number of hydrogen-bond donors (Lipinski definition) is 2. The van der Waals surface area contributed by atoms with E-state index in [2.05, 4.69) is 20.2 Å². The van der Waals surface area contributed by atoms with Crippen molar-refractivity contribution in [1.82, 2.24) is 20.2 Å². The van der Waals surface area contributed by atoms with E-state index in [0.29, 0.717) is 18.9 Å². The van der Waals surface area contributed by atoms with Gasteiger partial charge in [-0.25, -0.2) is 9.37 Å². The van der Waals surface area contributed by atoms with E-state index in [1.807, 2.05) is 0 Å². The van der Waals surface area contributed by atoms with Crippen LogP contribution in [-0.4, -0.2) is 39.9 Å². The first-order valence-electron chi connectivity index (χ1n) is 8.35. The molecule has 0 bridgehead atoms. The van der Waals surface area contributed by atoms with Crippen LogP contribution in [0.15, 0.2) is 35.3 Å². The van der Waals surface area contributed by atoms with Crippen LogP contribution in [0.5, 0.6) is 0 Å². The maximum absolute atomic E-state index is 13.0. The first kappa shape index (κ1) is 17.3. The zero-order chi connectivity index (χ0) is 17.8. The van der Waals surface area contributed by atoms with Gasteiger partial charge in [0, 0.05) is 25.3 Å². The number of likely N-dealkylation sites (tertiary alicyclic amines) is 1. The Labute approximate surface area is 145 Å². The van der Waals surface area contributed by atoms with E-state index in [1.165, 1.54) is 18.3 Å². The highest BCUT2D eigenvalue weighted by Crippen LogP contribution is 2.14. The van der Waals surface area contributed by atoms with Crippen molar-refractivity contribution in [2.75, 3.05) is 13.1 Å². The third-order valence-electron chi connectivity index (χ3n) is 4.33. The molecule has 7 heteroatoms. The van der Waals surface area contributed by atoms with Crippen LogP contribution >= 0.6 is 0 Å². The standard InChI is InChI=1S/C18H21FN4O2/c1-12-20-9-16(17(24)21-12)18(25)22-15-3-2-8-23(11-15)10-13-4-6-14(19)7-5-13/h4-7,9,15H,2-3,8,10-11H2,1H3,(H,22,25)(H,20,21,24)/t15-/m0/s1. The Bertz CT molecular complexity index is 803. The highest BCUT2D eigenvalue weighted by Gasteiger charge is 2.23. The summed E-state index contributed by atoms with van der Waals surface area (Å²) < 4.78 is 13.0. The van der Waals surface area contributed by atoms with Crippen LogP contribution in [0.4, 0.5) is 4.39 Å². The molecule has 6 nitrogen and oxygen atoms in total. The van der Waals surface area contributed by atoms with Crippen LogP contribution in [0.25, 0.3) is 0 Å². The van der Waals surface area contributed by atoms with Crippen LogP contribution in [0.3, 0.4) is 0 Å². The summed E-state index contributed by atoms with van der Waals surface area (Å²) in [5.74, 6) is -0.170. The highest BCUT2D eigenvalue weighted by atomic mass is 19.1. The minimum absolute atomic E-state index is 0.0256. The summed E-state index contributed by atoms with van der Waals surface area (Å²) in [6.45, 7) is 3.99. The summed E-state index contributed by atoms with van der Waals surface area (Å²) in [5.41, 5.74) is 0.637. The normalized spacial score (nSPS) is 18.1. The molecule has 3 rings (SSSR count). The third kappa shape index (κ3) is 4.51. The van der Waals surface area contributed by atoms with E-state index in [4.69, 9.17) is 0 Å². The number of nitrogens with one attached hydrogen (secondary N) is 2. The molecule has 2 aromatic rings. The van der Waals surface area contributed by atoms with E-state index in [-0.39, 0.29) is 17.4 Å². The number of aromatic nitrogens is 2. The Balaban J connectivity index is 1.60. The summed E-state index contributed by atoms with van der Waals surface area (Å²) >= 11 is 0. The highest BCUT2D eigenvalue weighted by molar-refractivity contribution is 5.93. The van der Waals surface area contributed by atoms with Gasteiger partial charge in [0.1, 0.15) is 17.2 Å². The smallest absolute Gasteiger partial charge is 0.263 e. The number of nitrogens with zero attached hydrogens (tertiary/aromatic N) is 2. The molecule has 2 N–H and O–H groups in total. The Morgan fingerprint density at radius 2 is 2.16 bits per heavy atom. The fraction of sp³-hybridized carbons (Fsp3) is 0.389. The van der Waals surface area contributed by atoms with Gasteiger partial charge in [-0.15, -0.1) is 0 Å². The van der Waals surface area contributed by atoms with Crippen molar-refractivity contribution >= 4 is 5.91 Å². The summed E-state index contributed by atoms with van der Waals surface area (Å²) in [7, 11) is 0. The van der Waals surface area contributed by atoms with Crippen molar-refractivity contribution in [2.45, 2.75) is 32.4 Å². The molecule has 1 aliphatic rings. The predicted octanol–water partition coefficient (Wildman–Crippen LogP) is 1.61. The number of benzene rings is 1. The molecule has 1 saturated heterocycles. The number of aryl methyl sites for hydroxylation is 1. The van der Waals surface area contributed by atoms with E-state index >= 15 is 0 Å². The average molecular weight is 344 g/mol. The molecule has 1 aromatic carbocycles. The quantitative estimate of drug-likeness (QED) is 0.883. The first-order chi connectivity index (χ1) is 12.0. The van der Waals surface area contributed by atoms with Crippen LogP contribution in [0.2, 0.25) is 0 Å². The molecule has 0 spiro atoms. The summed E-state index contributed by atoms with van der Waals surface area (Å²) in [4.78, 5) is 32.9. The van der Waals surface area contributed by atoms with Crippen molar-refractivity contribution in [1.29, 1.82) is 0 Å². The van der Waals surface area contributed by atoms with Crippen LogP contribution < -0.4 is 10.9 Å². The van der Waals surface area contributed by atoms with Gasteiger partial charge in [0.15, 0.2) is 0 Å². The molecule has 1 aliphatic heterocycles.